The largest absolute Gasteiger partial charge is 0.478 e. The maximum Gasteiger partial charge on any atom is 0.336 e. The third kappa shape index (κ3) is 3.38. The summed E-state index contributed by atoms with van der Waals surface area (Å²) < 4.78 is 0. The molecule has 0 saturated carbocycles. The Morgan fingerprint density at radius 1 is 0.833 bits per heavy atom. The van der Waals surface area contributed by atoms with Crippen molar-refractivity contribution in [2.24, 2.45) is 0 Å². The van der Waals surface area contributed by atoms with Crippen molar-refractivity contribution in [1.82, 2.24) is 4.98 Å². The molecular weight excluding hydrogens is 302 g/mol. The van der Waals surface area contributed by atoms with Crippen molar-refractivity contribution < 1.29 is 14.7 Å². The predicted octanol–water partition coefficient (Wildman–Crippen LogP) is 3.87. The van der Waals surface area contributed by atoms with E-state index in [9.17, 15) is 14.7 Å². The Kier molecular flexibility index (Phi) is 4.47. The number of ketones is 1. The number of aromatic carboxylic acids is 1. The Morgan fingerprint density at radius 2 is 1.50 bits per heavy atom. The number of carbonyl (C=O) groups is 2. The van der Waals surface area contributed by atoms with E-state index >= 15 is 0 Å². The van der Waals surface area contributed by atoms with Gasteiger partial charge in [0, 0.05) is 23.7 Å². The second-order valence-corrected chi connectivity index (χ2v) is 5.36. The minimum Gasteiger partial charge on any atom is -0.478 e. The van der Waals surface area contributed by atoms with Crippen molar-refractivity contribution >= 4 is 11.8 Å². The van der Waals surface area contributed by atoms with Crippen LogP contribution in [-0.4, -0.2) is 21.8 Å². The van der Waals surface area contributed by atoms with E-state index in [4.69, 9.17) is 0 Å². The van der Waals surface area contributed by atoms with Crippen LogP contribution < -0.4 is 0 Å². The van der Waals surface area contributed by atoms with E-state index in [1.54, 1.807) is 24.4 Å². The predicted molar refractivity (Wildman–Crippen MR) is 91.1 cm³/mol. The summed E-state index contributed by atoms with van der Waals surface area (Å²) in [6.07, 6.45) is 1.89. The fraction of sp³-hybridized carbons (Fsp3) is 0.0500. The lowest BCUT2D eigenvalue weighted by Gasteiger charge is -2.06. The van der Waals surface area contributed by atoms with Crippen molar-refractivity contribution in [1.29, 1.82) is 0 Å². The molecule has 0 unspecified atom stereocenters. The van der Waals surface area contributed by atoms with Gasteiger partial charge in [-0.3, -0.25) is 9.78 Å². The average molecular weight is 317 g/mol. The van der Waals surface area contributed by atoms with Gasteiger partial charge in [-0.1, -0.05) is 48.5 Å². The van der Waals surface area contributed by atoms with Crippen LogP contribution in [0.15, 0.2) is 72.9 Å². The van der Waals surface area contributed by atoms with Crippen molar-refractivity contribution in [3.8, 4) is 11.3 Å². The molecule has 0 aliphatic heterocycles. The van der Waals surface area contributed by atoms with Crippen LogP contribution in [0.1, 0.15) is 26.3 Å². The van der Waals surface area contributed by atoms with Gasteiger partial charge in [0.05, 0.1) is 11.3 Å². The van der Waals surface area contributed by atoms with Gasteiger partial charge in [-0.15, -0.1) is 0 Å². The molecule has 4 nitrogen and oxygen atoms in total. The average Bonchev–Trinajstić information content (AvgIpc) is 2.63. The molecule has 3 rings (SSSR count). The molecular formula is C20H15NO3. The fourth-order valence-corrected chi connectivity index (χ4v) is 2.52. The molecule has 0 aliphatic carbocycles. The molecule has 24 heavy (non-hydrogen) atoms. The van der Waals surface area contributed by atoms with E-state index in [-0.39, 0.29) is 23.3 Å². The normalized spacial score (nSPS) is 10.3. The maximum absolute atomic E-state index is 12.4. The van der Waals surface area contributed by atoms with Crippen molar-refractivity contribution in [2.45, 2.75) is 6.42 Å². The van der Waals surface area contributed by atoms with Gasteiger partial charge in [-0.2, -0.15) is 0 Å². The Balaban J connectivity index is 1.80. The van der Waals surface area contributed by atoms with Gasteiger partial charge in [0.2, 0.25) is 0 Å². The van der Waals surface area contributed by atoms with Crippen LogP contribution >= 0.6 is 0 Å². The molecule has 1 N–H and O–H groups in total. The highest BCUT2D eigenvalue weighted by Gasteiger charge is 2.16. The monoisotopic (exact) mass is 317 g/mol. The van der Waals surface area contributed by atoms with E-state index in [1.807, 2.05) is 42.5 Å². The van der Waals surface area contributed by atoms with E-state index in [0.717, 1.165) is 16.8 Å². The molecule has 0 radical (unpaired) electrons. The van der Waals surface area contributed by atoms with Crippen molar-refractivity contribution in [2.75, 3.05) is 0 Å². The molecule has 118 valence electrons. The summed E-state index contributed by atoms with van der Waals surface area (Å²) in [6.45, 7) is 0. The second-order valence-electron chi connectivity index (χ2n) is 5.36. The zero-order valence-electron chi connectivity index (χ0n) is 12.8. The number of nitrogens with zero attached hydrogens (tertiary/aromatic N) is 1. The third-order valence-corrected chi connectivity index (χ3v) is 3.74. The zero-order valence-corrected chi connectivity index (χ0v) is 12.8. The van der Waals surface area contributed by atoms with Crippen LogP contribution in [0, 0.1) is 0 Å². The highest BCUT2D eigenvalue weighted by molar-refractivity contribution is 6.06. The number of benzene rings is 2. The molecule has 2 aromatic carbocycles. The molecule has 0 saturated heterocycles. The van der Waals surface area contributed by atoms with Gasteiger partial charge in [0.1, 0.15) is 0 Å². The standard InChI is InChI=1S/C20H15NO3/c22-19(16-5-1-2-6-17(16)20(23)24)13-14-8-10-15(11-9-14)18-7-3-4-12-21-18/h1-12H,13H2,(H,23,24). The molecule has 0 amide bonds. The topological polar surface area (TPSA) is 67.3 Å². The van der Waals surface area contributed by atoms with Gasteiger partial charge in [-0.05, 0) is 23.8 Å². The zero-order chi connectivity index (χ0) is 16.9. The molecule has 0 atom stereocenters. The van der Waals surface area contributed by atoms with Crippen LogP contribution in [0.5, 0.6) is 0 Å². The Labute approximate surface area is 139 Å². The lowest BCUT2D eigenvalue weighted by molar-refractivity contribution is 0.0692. The van der Waals surface area contributed by atoms with E-state index < -0.39 is 5.97 Å². The maximum atomic E-state index is 12.4. The molecule has 3 aromatic rings. The highest BCUT2D eigenvalue weighted by Crippen LogP contribution is 2.18. The fourth-order valence-electron chi connectivity index (χ4n) is 2.52. The first kappa shape index (κ1) is 15.6. The quantitative estimate of drug-likeness (QED) is 0.725. The first-order valence-corrected chi connectivity index (χ1v) is 7.51. The number of rotatable bonds is 5. The number of pyridine rings is 1. The van der Waals surface area contributed by atoms with Gasteiger partial charge in [0.15, 0.2) is 5.78 Å². The molecule has 1 heterocycles. The van der Waals surface area contributed by atoms with Gasteiger partial charge < -0.3 is 5.11 Å². The summed E-state index contributed by atoms with van der Waals surface area (Å²) in [5.41, 5.74) is 2.94. The lowest BCUT2D eigenvalue weighted by atomic mass is 9.97. The Morgan fingerprint density at radius 3 is 2.12 bits per heavy atom. The molecule has 0 spiro atoms. The van der Waals surface area contributed by atoms with Crippen molar-refractivity contribution in [3.05, 3.63) is 89.6 Å². The number of carboxylic acid groups (broad SMARTS) is 1. The van der Waals surface area contributed by atoms with Crippen LogP contribution in [0.4, 0.5) is 0 Å². The summed E-state index contributed by atoms with van der Waals surface area (Å²) in [4.78, 5) is 27.9. The minimum atomic E-state index is -1.09. The summed E-state index contributed by atoms with van der Waals surface area (Å²) in [7, 11) is 0. The van der Waals surface area contributed by atoms with E-state index in [0.29, 0.717) is 0 Å². The number of carbonyl (C=O) groups excluding carboxylic acids is 1. The Bertz CT molecular complexity index is 871. The van der Waals surface area contributed by atoms with Gasteiger partial charge >= 0.3 is 5.97 Å². The summed E-state index contributed by atoms with van der Waals surface area (Å²) in [5.74, 6) is -1.30. The number of aromatic nitrogens is 1. The number of hydrogen-bond donors (Lipinski definition) is 1. The molecule has 1 aromatic heterocycles. The molecule has 0 bridgehead atoms. The van der Waals surface area contributed by atoms with Crippen molar-refractivity contribution in [3.63, 3.8) is 0 Å². The van der Waals surface area contributed by atoms with Gasteiger partial charge in [0.25, 0.3) is 0 Å². The highest BCUT2D eigenvalue weighted by atomic mass is 16.4. The number of Topliss-reactive ketones (excluding diaryl/α,β-unsaturated/α-hetero) is 1. The summed E-state index contributed by atoms with van der Waals surface area (Å²) in [6, 6.07) is 19.5. The summed E-state index contributed by atoms with van der Waals surface area (Å²) in [5, 5.41) is 9.18. The Hall–Kier alpha value is -3.27. The van der Waals surface area contributed by atoms with Crippen LogP contribution in [0.2, 0.25) is 0 Å². The minimum absolute atomic E-state index is 0.0348. The SMILES string of the molecule is O=C(O)c1ccccc1C(=O)Cc1ccc(-c2ccccn2)cc1. The van der Waals surface area contributed by atoms with E-state index in [1.165, 1.54) is 6.07 Å². The molecule has 4 heteroatoms. The van der Waals surface area contributed by atoms with Crippen LogP contribution in [-0.2, 0) is 6.42 Å². The second kappa shape index (κ2) is 6.87. The first-order chi connectivity index (χ1) is 11.6. The number of carboxylic acids is 1. The smallest absolute Gasteiger partial charge is 0.336 e. The molecule has 0 fully saturated rings. The third-order valence-electron chi connectivity index (χ3n) is 3.74. The van der Waals surface area contributed by atoms with E-state index in [2.05, 4.69) is 4.98 Å². The molecule has 0 aliphatic rings. The lowest BCUT2D eigenvalue weighted by Crippen LogP contribution is -2.10. The number of hydrogen-bond acceptors (Lipinski definition) is 3. The van der Waals surface area contributed by atoms with Crippen LogP contribution in [0.25, 0.3) is 11.3 Å². The van der Waals surface area contributed by atoms with Crippen LogP contribution in [0.3, 0.4) is 0 Å². The summed E-state index contributed by atoms with van der Waals surface area (Å²) >= 11 is 0. The first-order valence-electron chi connectivity index (χ1n) is 7.51. The van der Waals surface area contributed by atoms with Gasteiger partial charge in [-0.25, -0.2) is 4.79 Å².